The van der Waals surface area contributed by atoms with Crippen molar-refractivity contribution < 1.29 is 4.79 Å². The van der Waals surface area contributed by atoms with Crippen molar-refractivity contribution in [2.75, 3.05) is 23.0 Å². The summed E-state index contributed by atoms with van der Waals surface area (Å²) in [5.74, 6) is 1.13. The average molecular weight is 399 g/mol. The monoisotopic (exact) mass is 398 g/mol. The van der Waals surface area contributed by atoms with Crippen LogP contribution in [0.15, 0.2) is 57.4 Å². The molecule has 0 aliphatic carbocycles. The van der Waals surface area contributed by atoms with Gasteiger partial charge in [-0.2, -0.15) is 0 Å². The summed E-state index contributed by atoms with van der Waals surface area (Å²) in [6.07, 6.45) is 1.62. The Balaban J connectivity index is 1.59. The normalized spacial score (nSPS) is 13.6. The zero-order valence-electron chi connectivity index (χ0n) is 14.8. The quantitative estimate of drug-likeness (QED) is 0.497. The minimum Gasteiger partial charge on any atom is -0.310 e. The Labute approximate surface area is 165 Å². The Kier molecular flexibility index (Phi) is 5.18. The molecule has 3 heterocycles. The molecule has 0 saturated carbocycles. The van der Waals surface area contributed by atoms with Gasteiger partial charge in [-0.3, -0.25) is 14.2 Å². The summed E-state index contributed by atoms with van der Waals surface area (Å²) in [5, 5.41) is 1.03. The molecule has 0 N–H and O–H groups in total. The van der Waals surface area contributed by atoms with Crippen LogP contribution in [0.5, 0.6) is 0 Å². The summed E-state index contributed by atoms with van der Waals surface area (Å²) >= 11 is 3.06. The molecule has 0 bridgehead atoms. The topological polar surface area (TPSA) is 68.1 Å². The van der Waals surface area contributed by atoms with E-state index < -0.39 is 0 Å². The molecule has 4 rings (SSSR count). The molecule has 0 radical (unpaired) electrons. The van der Waals surface area contributed by atoms with Crippen LogP contribution in [0, 0.1) is 0 Å². The third-order valence-corrected chi connectivity index (χ3v) is 6.37. The Morgan fingerprint density at radius 3 is 2.96 bits per heavy atom. The van der Waals surface area contributed by atoms with E-state index in [0.717, 1.165) is 16.3 Å². The Morgan fingerprint density at radius 2 is 2.11 bits per heavy atom. The minimum atomic E-state index is -0.120. The van der Waals surface area contributed by atoms with Crippen molar-refractivity contribution in [3.05, 3.63) is 52.9 Å². The van der Waals surface area contributed by atoms with Crippen LogP contribution in [-0.2, 0) is 11.3 Å². The van der Waals surface area contributed by atoms with Crippen LogP contribution in [-0.4, -0.2) is 38.5 Å². The zero-order chi connectivity index (χ0) is 18.8. The summed E-state index contributed by atoms with van der Waals surface area (Å²) in [4.78, 5) is 37.2. The lowest BCUT2D eigenvalue weighted by Crippen LogP contribution is -2.36. The van der Waals surface area contributed by atoms with Crippen LogP contribution in [0.25, 0.3) is 11.0 Å². The standard InChI is InChI=1S/C19H18N4O2S2/c1-2-22-18(25)13-6-5-9-20-17(13)21-19(22)27-12-16(24)23-10-11-26-15-8-4-3-7-14(15)23/h3-9H,2,10-12H2,1H3. The molecule has 1 aliphatic rings. The van der Waals surface area contributed by atoms with Gasteiger partial charge in [0.1, 0.15) is 0 Å². The number of nitrogens with zero attached hydrogens (tertiary/aromatic N) is 4. The van der Waals surface area contributed by atoms with Gasteiger partial charge in [-0.25, -0.2) is 9.97 Å². The highest BCUT2D eigenvalue weighted by Gasteiger charge is 2.23. The van der Waals surface area contributed by atoms with Crippen molar-refractivity contribution >= 4 is 46.2 Å². The van der Waals surface area contributed by atoms with Crippen molar-refractivity contribution in [1.82, 2.24) is 14.5 Å². The van der Waals surface area contributed by atoms with Gasteiger partial charge in [-0.1, -0.05) is 23.9 Å². The second-order valence-corrected chi connectivity index (χ2v) is 8.05. The van der Waals surface area contributed by atoms with E-state index in [4.69, 9.17) is 0 Å². The molecule has 0 saturated heterocycles. The Bertz CT molecular complexity index is 1070. The number of benzene rings is 1. The molecule has 1 aliphatic heterocycles. The first-order valence-electron chi connectivity index (χ1n) is 8.69. The first-order chi connectivity index (χ1) is 13.2. The average Bonchev–Trinajstić information content (AvgIpc) is 2.71. The number of rotatable bonds is 4. The molecule has 8 heteroatoms. The fraction of sp³-hybridized carbons (Fsp3) is 0.263. The predicted molar refractivity (Wildman–Crippen MR) is 110 cm³/mol. The maximum atomic E-state index is 12.8. The van der Waals surface area contributed by atoms with Crippen molar-refractivity contribution in [3.8, 4) is 0 Å². The van der Waals surface area contributed by atoms with Gasteiger partial charge >= 0.3 is 0 Å². The Morgan fingerprint density at radius 1 is 1.26 bits per heavy atom. The lowest BCUT2D eigenvalue weighted by atomic mass is 10.3. The van der Waals surface area contributed by atoms with E-state index >= 15 is 0 Å². The maximum absolute atomic E-state index is 12.8. The molecule has 0 spiro atoms. The van der Waals surface area contributed by atoms with Crippen LogP contribution in [0.2, 0.25) is 0 Å². The zero-order valence-corrected chi connectivity index (χ0v) is 16.4. The number of carbonyl (C=O) groups excluding carboxylic acids is 1. The Hall–Kier alpha value is -2.32. The molecule has 6 nitrogen and oxygen atoms in total. The molecular weight excluding hydrogens is 380 g/mol. The molecule has 138 valence electrons. The number of para-hydroxylation sites is 1. The van der Waals surface area contributed by atoms with Gasteiger partial charge in [0.25, 0.3) is 5.56 Å². The van der Waals surface area contributed by atoms with Gasteiger partial charge in [0.2, 0.25) is 5.91 Å². The third-order valence-electron chi connectivity index (χ3n) is 4.37. The van der Waals surface area contributed by atoms with Gasteiger partial charge in [0, 0.05) is 29.9 Å². The number of amides is 1. The number of hydrogen-bond acceptors (Lipinski definition) is 6. The minimum absolute atomic E-state index is 0.0192. The van der Waals surface area contributed by atoms with Crippen LogP contribution in [0.4, 0.5) is 5.69 Å². The largest absolute Gasteiger partial charge is 0.310 e. The van der Waals surface area contributed by atoms with E-state index in [9.17, 15) is 9.59 Å². The number of aromatic nitrogens is 3. The van der Waals surface area contributed by atoms with Crippen LogP contribution >= 0.6 is 23.5 Å². The smallest absolute Gasteiger partial charge is 0.263 e. The van der Waals surface area contributed by atoms with Gasteiger partial charge in [0.05, 0.1) is 16.8 Å². The first kappa shape index (κ1) is 18.1. The molecule has 27 heavy (non-hydrogen) atoms. The maximum Gasteiger partial charge on any atom is 0.263 e. The number of hydrogen-bond donors (Lipinski definition) is 0. The second kappa shape index (κ2) is 7.74. The molecule has 0 fully saturated rings. The van der Waals surface area contributed by atoms with E-state index in [2.05, 4.69) is 9.97 Å². The fourth-order valence-electron chi connectivity index (χ4n) is 3.06. The highest BCUT2D eigenvalue weighted by atomic mass is 32.2. The summed E-state index contributed by atoms with van der Waals surface area (Å²) in [6, 6.07) is 11.4. The van der Waals surface area contributed by atoms with Gasteiger partial charge in [-0.05, 0) is 31.2 Å². The number of carbonyl (C=O) groups is 1. The van der Waals surface area contributed by atoms with E-state index in [0.29, 0.717) is 29.3 Å². The predicted octanol–water partition coefficient (Wildman–Crippen LogP) is 3.04. The van der Waals surface area contributed by atoms with Gasteiger partial charge < -0.3 is 4.90 Å². The molecular formula is C19H18N4O2S2. The number of pyridine rings is 1. The summed E-state index contributed by atoms with van der Waals surface area (Å²) in [5.41, 5.74) is 1.26. The molecule has 3 aromatic rings. The highest BCUT2D eigenvalue weighted by Crippen LogP contribution is 2.34. The lowest BCUT2D eigenvalue weighted by molar-refractivity contribution is -0.116. The summed E-state index contributed by atoms with van der Waals surface area (Å²) < 4.78 is 1.60. The van der Waals surface area contributed by atoms with Crippen LogP contribution in [0.1, 0.15) is 6.92 Å². The fourth-order valence-corrected chi connectivity index (χ4v) is 4.98. The lowest BCUT2D eigenvalue weighted by Gasteiger charge is -2.28. The number of thioether (sulfide) groups is 2. The first-order valence-corrected chi connectivity index (χ1v) is 10.7. The van der Waals surface area contributed by atoms with Crippen molar-refractivity contribution in [3.63, 3.8) is 0 Å². The summed E-state index contributed by atoms with van der Waals surface area (Å²) in [7, 11) is 0. The van der Waals surface area contributed by atoms with Crippen molar-refractivity contribution in [1.29, 1.82) is 0 Å². The van der Waals surface area contributed by atoms with E-state index in [1.807, 2.05) is 36.1 Å². The molecule has 0 atom stereocenters. The molecule has 2 aromatic heterocycles. The van der Waals surface area contributed by atoms with Gasteiger partial charge in [0.15, 0.2) is 10.8 Å². The number of fused-ring (bicyclic) bond motifs is 2. The second-order valence-electron chi connectivity index (χ2n) is 5.97. The van der Waals surface area contributed by atoms with Crippen LogP contribution in [0.3, 0.4) is 0 Å². The molecule has 1 amide bonds. The number of anilines is 1. The van der Waals surface area contributed by atoms with Crippen molar-refractivity contribution in [2.24, 2.45) is 0 Å². The molecule has 0 unspecified atom stereocenters. The molecule has 1 aromatic carbocycles. The van der Waals surface area contributed by atoms with Gasteiger partial charge in [-0.15, -0.1) is 11.8 Å². The van der Waals surface area contributed by atoms with E-state index in [-0.39, 0.29) is 17.2 Å². The highest BCUT2D eigenvalue weighted by molar-refractivity contribution is 8.00. The summed E-state index contributed by atoms with van der Waals surface area (Å²) in [6.45, 7) is 3.08. The van der Waals surface area contributed by atoms with E-state index in [1.165, 1.54) is 11.8 Å². The van der Waals surface area contributed by atoms with Crippen molar-refractivity contribution in [2.45, 2.75) is 23.5 Å². The SMILES string of the molecule is CCn1c(SCC(=O)N2CCSc3ccccc32)nc2ncccc2c1=O. The third kappa shape index (κ3) is 3.46. The van der Waals surface area contributed by atoms with Crippen LogP contribution < -0.4 is 10.5 Å². The van der Waals surface area contributed by atoms with E-state index in [1.54, 1.807) is 34.7 Å².